The second kappa shape index (κ2) is 5.58. The van der Waals surface area contributed by atoms with Crippen molar-refractivity contribution >= 4 is 0 Å². The van der Waals surface area contributed by atoms with Gasteiger partial charge in [0.25, 0.3) is 0 Å². The average molecular weight is 281 g/mol. The van der Waals surface area contributed by atoms with Crippen molar-refractivity contribution in [2.45, 2.75) is 83.6 Å². The van der Waals surface area contributed by atoms with Crippen LogP contribution in [-0.4, -0.2) is 31.1 Å². The van der Waals surface area contributed by atoms with Crippen LogP contribution in [0.1, 0.15) is 65.7 Å². The molecule has 1 spiro atoms. The molecule has 0 amide bonds. The summed E-state index contributed by atoms with van der Waals surface area (Å²) in [7, 11) is 0. The Hall–Kier alpha value is -0.120. The highest BCUT2D eigenvalue weighted by molar-refractivity contribution is 4.92. The van der Waals surface area contributed by atoms with Gasteiger partial charge in [0.15, 0.2) is 5.79 Å². The number of hydrogen-bond acceptors (Lipinski definition) is 3. The van der Waals surface area contributed by atoms with E-state index in [1.54, 1.807) is 0 Å². The van der Waals surface area contributed by atoms with Gasteiger partial charge < -0.3 is 14.8 Å². The molecule has 2 saturated heterocycles. The summed E-state index contributed by atoms with van der Waals surface area (Å²) in [5, 5.41) is 3.61. The molecule has 0 aromatic heterocycles. The lowest BCUT2D eigenvalue weighted by Crippen LogP contribution is -2.46. The molecule has 2 heterocycles. The van der Waals surface area contributed by atoms with Gasteiger partial charge in [0.2, 0.25) is 0 Å². The topological polar surface area (TPSA) is 30.5 Å². The van der Waals surface area contributed by atoms with Gasteiger partial charge >= 0.3 is 0 Å². The van der Waals surface area contributed by atoms with Crippen molar-refractivity contribution in [2.75, 3.05) is 13.2 Å². The molecule has 0 aromatic carbocycles. The molecule has 3 nitrogen and oxygen atoms in total. The molecule has 0 bridgehead atoms. The monoisotopic (exact) mass is 281 g/mol. The zero-order chi connectivity index (χ0) is 14.2. The number of piperidine rings is 1. The third-order valence-corrected chi connectivity index (χ3v) is 5.65. The van der Waals surface area contributed by atoms with Crippen molar-refractivity contribution in [3.8, 4) is 0 Å². The predicted molar refractivity (Wildman–Crippen MR) is 80.6 cm³/mol. The molecule has 2 unspecified atom stereocenters. The zero-order valence-corrected chi connectivity index (χ0v) is 13.4. The maximum absolute atomic E-state index is 6.41. The van der Waals surface area contributed by atoms with E-state index in [1.807, 2.05) is 0 Å². The van der Waals surface area contributed by atoms with Crippen LogP contribution in [0.2, 0.25) is 0 Å². The van der Waals surface area contributed by atoms with Crippen LogP contribution in [0, 0.1) is 11.3 Å². The maximum Gasteiger partial charge on any atom is 0.169 e. The van der Waals surface area contributed by atoms with E-state index < -0.39 is 0 Å². The molecule has 116 valence electrons. The molecular formula is C17H31NO2. The first-order chi connectivity index (χ1) is 9.49. The zero-order valence-electron chi connectivity index (χ0n) is 13.4. The molecule has 1 N–H and O–H groups in total. The van der Waals surface area contributed by atoms with Gasteiger partial charge in [-0.2, -0.15) is 0 Å². The Bertz CT molecular complexity index is 322. The molecule has 3 aliphatic rings. The highest BCUT2D eigenvalue weighted by Gasteiger charge is 2.47. The molecular weight excluding hydrogens is 250 g/mol. The van der Waals surface area contributed by atoms with Gasteiger partial charge in [0, 0.05) is 18.9 Å². The van der Waals surface area contributed by atoms with Crippen LogP contribution in [-0.2, 0) is 9.47 Å². The Morgan fingerprint density at radius 1 is 1.05 bits per heavy atom. The normalized spacial score (nSPS) is 43.0. The summed E-state index contributed by atoms with van der Waals surface area (Å²) >= 11 is 0. The van der Waals surface area contributed by atoms with Gasteiger partial charge in [0.05, 0.1) is 12.7 Å². The van der Waals surface area contributed by atoms with Gasteiger partial charge in [-0.1, -0.05) is 27.2 Å². The van der Waals surface area contributed by atoms with Crippen molar-refractivity contribution in [2.24, 2.45) is 11.3 Å². The minimum Gasteiger partial charge on any atom is -0.347 e. The second-order valence-corrected chi connectivity index (χ2v) is 8.07. The Morgan fingerprint density at radius 2 is 1.80 bits per heavy atom. The SMILES string of the molecule is CC(C)(C)C1CCC2(CC1)OCC(C1CCCCN1)O2. The van der Waals surface area contributed by atoms with Gasteiger partial charge in [-0.25, -0.2) is 0 Å². The van der Waals surface area contributed by atoms with Gasteiger partial charge in [-0.15, -0.1) is 0 Å². The summed E-state index contributed by atoms with van der Waals surface area (Å²) in [5.74, 6) is 0.568. The number of hydrogen-bond donors (Lipinski definition) is 1. The van der Waals surface area contributed by atoms with Gasteiger partial charge in [-0.3, -0.25) is 0 Å². The van der Waals surface area contributed by atoms with Crippen molar-refractivity contribution < 1.29 is 9.47 Å². The average Bonchev–Trinajstić information content (AvgIpc) is 2.83. The molecule has 1 saturated carbocycles. The molecule has 0 radical (unpaired) electrons. The lowest BCUT2D eigenvalue weighted by molar-refractivity contribution is -0.199. The summed E-state index contributed by atoms with van der Waals surface area (Å²) in [6, 6.07) is 0.517. The van der Waals surface area contributed by atoms with E-state index in [0.717, 1.165) is 31.9 Å². The third kappa shape index (κ3) is 3.05. The molecule has 20 heavy (non-hydrogen) atoms. The van der Waals surface area contributed by atoms with Crippen LogP contribution in [0.3, 0.4) is 0 Å². The third-order valence-electron chi connectivity index (χ3n) is 5.65. The van der Waals surface area contributed by atoms with E-state index in [-0.39, 0.29) is 11.9 Å². The van der Waals surface area contributed by atoms with Gasteiger partial charge in [0.1, 0.15) is 0 Å². The van der Waals surface area contributed by atoms with E-state index in [2.05, 4.69) is 26.1 Å². The van der Waals surface area contributed by atoms with Crippen LogP contribution in [0.15, 0.2) is 0 Å². The van der Waals surface area contributed by atoms with Crippen LogP contribution in [0.25, 0.3) is 0 Å². The summed E-state index contributed by atoms with van der Waals surface area (Å²) < 4.78 is 12.6. The summed E-state index contributed by atoms with van der Waals surface area (Å²) in [4.78, 5) is 0. The van der Waals surface area contributed by atoms with E-state index in [0.29, 0.717) is 11.5 Å². The van der Waals surface area contributed by atoms with E-state index in [9.17, 15) is 0 Å². The fourth-order valence-corrected chi connectivity index (χ4v) is 4.16. The largest absolute Gasteiger partial charge is 0.347 e. The van der Waals surface area contributed by atoms with Crippen LogP contribution < -0.4 is 5.32 Å². The van der Waals surface area contributed by atoms with E-state index in [1.165, 1.54) is 32.1 Å². The van der Waals surface area contributed by atoms with Crippen molar-refractivity contribution in [1.29, 1.82) is 0 Å². The van der Waals surface area contributed by atoms with Crippen LogP contribution in [0.5, 0.6) is 0 Å². The molecule has 3 heteroatoms. The lowest BCUT2D eigenvalue weighted by Gasteiger charge is -2.41. The highest BCUT2D eigenvalue weighted by atomic mass is 16.7. The van der Waals surface area contributed by atoms with Crippen LogP contribution >= 0.6 is 0 Å². The first-order valence-electron chi connectivity index (χ1n) is 8.54. The predicted octanol–water partition coefficient (Wildman–Crippen LogP) is 3.48. The standard InChI is InChI=1S/C17H31NO2/c1-16(2,3)13-7-9-17(10-8-13)19-12-15(20-17)14-6-4-5-11-18-14/h13-15,18H,4-12H2,1-3H3. The fraction of sp³-hybridized carbons (Fsp3) is 1.00. The quantitative estimate of drug-likeness (QED) is 0.798. The van der Waals surface area contributed by atoms with E-state index >= 15 is 0 Å². The summed E-state index contributed by atoms with van der Waals surface area (Å²) in [6.07, 6.45) is 8.81. The van der Waals surface area contributed by atoms with Crippen LogP contribution in [0.4, 0.5) is 0 Å². The minimum atomic E-state index is -0.245. The lowest BCUT2D eigenvalue weighted by atomic mass is 9.71. The number of nitrogens with one attached hydrogen (secondary N) is 1. The Labute approximate surface area is 123 Å². The molecule has 3 rings (SSSR count). The highest BCUT2D eigenvalue weighted by Crippen LogP contribution is 2.46. The molecule has 2 atom stereocenters. The molecule has 2 aliphatic heterocycles. The fourth-order valence-electron chi connectivity index (χ4n) is 4.16. The molecule has 0 aromatic rings. The smallest absolute Gasteiger partial charge is 0.169 e. The van der Waals surface area contributed by atoms with Crippen molar-refractivity contribution in [3.05, 3.63) is 0 Å². The summed E-state index contributed by atoms with van der Waals surface area (Å²) in [6.45, 7) is 9.02. The molecule has 3 fully saturated rings. The first kappa shape index (κ1) is 14.8. The number of rotatable bonds is 1. The van der Waals surface area contributed by atoms with Crippen molar-refractivity contribution in [1.82, 2.24) is 5.32 Å². The Kier molecular flexibility index (Phi) is 4.13. The Morgan fingerprint density at radius 3 is 2.40 bits per heavy atom. The molecule has 1 aliphatic carbocycles. The Balaban J connectivity index is 1.54. The minimum absolute atomic E-state index is 0.245. The summed E-state index contributed by atoms with van der Waals surface area (Å²) in [5.41, 5.74) is 0.421. The van der Waals surface area contributed by atoms with E-state index in [4.69, 9.17) is 9.47 Å². The number of ether oxygens (including phenoxy) is 2. The van der Waals surface area contributed by atoms with Crippen molar-refractivity contribution in [3.63, 3.8) is 0 Å². The maximum atomic E-state index is 6.41. The van der Waals surface area contributed by atoms with Gasteiger partial charge in [-0.05, 0) is 43.6 Å². The second-order valence-electron chi connectivity index (χ2n) is 8.07. The first-order valence-corrected chi connectivity index (χ1v) is 8.54.